The molecule has 2 atom stereocenters. The largest absolute Gasteiger partial charge is 0.0817 e. The van der Waals surface area contributed by atoms with E-state index in [1.807, 2.05) is 0 Å². The van der Waals surface area contributed by atoms with E-state index in [1.54, 1.807) is 0 Å². The minimum absolute atomic E-state index is 0.611. The van der Waals surface area contributed by atoms with Crippen molar-refractivity contribution < 1.29 is 0 Å². The van der Waals surface area contributed by atoms with Crippen molar-refractivity contribution in [3.8, 4) is 0 Å². The molecule has 0 heterocycles. The van der Waals surface area contributed by atoms with Crippen LogP contribution in [-0.2, 0) is 0 Å². The number of halogens is 1. The Morgan fingerprint density at radius 1 is 1.44 bits per heavy atom. The van der Waals surface area contributed by atoms with Crippen LogP contribution in [0.3, 0.4) is 0 Å². The summed E-state index contributed by atoms with van der Waals surface area (Å²) in [4.78, 5) is 0. The van der Waals surface area contributed by atoms with E-state index in [0.717, 1.165) is 9.84 Å². The first kappa shape index (κ1) is 7.83. The molecule has 1 aliphatic rings. The van der Waals surface area contributed by atoms with Crippen molar-refractivity contribution in [3.63, 3.8) is 0 Å². The third-order valence-corrected chi connectivity index (χ3v) is 5.40. The highest BCUT2D eigenvalue weighted by Gasteiger charge is 2.37. The van der Waals surface area contributed by atoms with Crippen LogP contribution in [0.15, 0.2) is 0 Å². The number of rotatable bonds is 0. The van der Waals surface area contributed by atoms with Gasteiger partial charge in [-0.1, -0.05) is 43.4 Å². The first-order valence-corrected chi connectivity index (χ1v) is 4.93. The van der Waals surface area contributed by atoms with Crippen molar-refractivity contribution in [2.45, 2.75) is 37.5 Å². The highest BCUT2D eigenvalue weighted by molar-refractivity contribution is 14.1. The summed E-state index contributed by atoms with van der Waals surface area (Å²) in [5.41, 5.74) is 0.611. The van der Waals surface area contributed by atoms with Crippen LogP contribution in [0.2, 0.25) is 0 Å². The summed E-state index contributed by atoms with van der Waals surface area (Å²) in [7, 11) is 0. The van der Waals surface area contributed by atoms with Crippen LogP contribution in [0.25, 0.3) is 0 Å². The molecule has 1 aliphatic carbocycles. The minimum Gasteiger partial charge on any atom is -0.0817 e. The van der Waals surface area contributed by atoms with E-state index in [9.17, 15) is 0 Å². The third-order valence-electron chi connectivity index (χ3n) is 2.49. The summed E-state index contributed by atoms with van der Waals surface area (Å²) in [5, 5.41) is 0. The number of hydrogen-bond donors (Lipinski definition) is 0. The van der Waals surface area contributed by atoms with Crippen molar-refractivity contribution in [1.29, 1.82) is 0 Å². The lowest BCUT2D eigenvalue weighted by atomic mass is 9.91. The maximum Gasteiger partial charge on any atom is 0.0186 e. The van der Waals surface area contributed by atoms with Gasteiger partial charge in [0.2, 0.25) is 0 Å². The average molecular weight is 238 g/mol. The Bertz CT molecular complexity index is 107. The first-order chi connectivity index (χ1) is 4.04. The van der Waals surface area contributed by atoms with Gasteiger partial charge in [-0.05, 0) is 24.2 Å². The number of hydrogen-bond acceptors (Lipinski definition) is 0. The van der Waals surface area contributed by atoms with Gasteiger partial charge in [-0.25, -0.2) is 0 Å². The van der Waals surface area contributed by atoms with Crippen molar-refractivity contribution >= 4 is 22.6 Å². The van der Waals surface area contributed by atoms with E-state index in [2.05, 4.69) is 43.4 Å². The van der Waals surface area contributed by atoms with Gasteiger partial charge in [0.1, 0.15) is 0 Å². The molecule has 0 radical (unpaired) electrons. The average Bonchev–Trinajstić information content (AvgIpc) is 1.97. The number of alkyl halides is 1. The van der Waals surface area contributed by atoms with E-state index in [0.29, 0.717) is 5.41 Å². The monoisotopic (exact) mass is 238 g/mol. The van der Waals surface area contributed by atoms with Gasteiger partial charge in [-0.3, -0.25) is 0 Å². The van der Waals surface area contributed by atoms with Gasteiger partial charge in [0.05, 0.1) is 0 Å². The predicted molar refractivity (Wildman–Crippen MR) is 50.0 cm³/mol. The molecule has 9 heavy (non-hydrogen) atoms. The Morgan fingerprint density at radius 3 is 2.11 bits per heavy atom. The van der Waals surface area contributed by atoms with Crippen molar-refractivity contribution in [2.75, 3.05) is 0 Å². The Labute approximate surface area is 71.5 Å². The van der Waals surface area contributed by atoms with Crippen LogP contribution >= 0.6 is 22.6 Å². The zero-order chi connectivity index (χ0) is 7.07. The maximum atomic E-state index is 2.60. The zero-order valence-electron chi connectivity index (χ0n) is 6.45. The second-order valence-electron chi connectivity index (χ2n) is 3.91. The van der Waals surface area contributed by atoms with Gasteiger partial charge in [-0.2, -0.15) is 0 Å². The summed E-state index contributed by atoms with van der Waals surface area (Å²) < 4.78 is 0.898. The normalized spacial score (nSPS) is 41.3. The lowest BCUT2D eigenvalue weighted by Gasteiger charge is -2.23. The van der Waals surface area contributed by atoms with Gasteiger partial charge >= 0.3 is 0 Å². The Morgan fingerprint density at radius 2 is 2.00 bits per heavy atom. The summed E-state index contributed by atoms with van der Waals surface area (Å²) in [5.74, 6) is 0.945. The molecule has 0 N–H and O–H groups in total. The molecule has 0 aromatic rings. The fraction of sp³-hybridized carbons (Fsp3) is 1.00. The molecule has 1 heteroatoms. The van der Waals surface area contributed by atoms with Crippen LogP contribution in [0.4, 0.5) is 0 Å². The summed E-state index contributed by atoms with van der Waals surface area (Å²) in [6, 6.07) is 0. The van der Waals surface area contributed by atoms with Crippen molar-refractivity contribution in [2.24, 2.45) is 11.3 Å². The SMILES string of the molecule is C[C@H]1CCC(C)(C)[C@H]1I. The molecule has 1 fully saturated rings. The molecular weight excluding hydrogens is 223 g/mol. The summed E-state index contributed by atoms with van der Waals surface area (Å²) in [6.45, 7) is 7.13. The highest BCUT2D eigenvalue weighted by atomic mass is 127. The van der Waals surface area contributed by atoms with E-state index >= 15 is 0 Å². The van der Waals surface area contributed by atoms with Crippen LogP contribution in [0, 0.1) is 11.3 Å². The third kappa shape index (κ3) is 1.41. The Balaban J connectivity index is 2.62. The summed E-state index contributed by atoms with van der Waals surface area (Å²) in [6.07, 6.45) is 2.85. The summed E-state index contributed by atoms with van der Waals surface area (Å²) >= 11 is 2.60. The lowest BCUT2D eigenvalue weighted by Crippen LogP contribution is -2.20. The molecule has 0 nitrogen and oxygen atoms in total. The van der Waals surface area contributed by atoms with Crippen molar-refractivity contribution in [3.05, 3.63) is 0 Å². The second-order valence-corrected chi connectivity index (χ2v) is 5.25. The fourth-order valence-corrected chi connectivity index (χ4v) is 2.33. The van der Waals surface area contributed by atoms with Gasteiger partial charge in [0, 0.05) is 3.92 Å². The molecule has 0 saturated heterocycles. The molecule has 0 unspecified atom stereocenters. The molecule has 54 valence electrons. The predicted octanol–water partition coefficient (Wildman–Crippen LogP) is 3.25. The fourth-order valence-electron chi connectivity index (χ4n) is 1.65. The van der Waals surface area contributed by atoms with Crippen molar-refractivity contribution in [1.82, 2.24) is 0 Å². The zero-order valence-corrected chi connectivity index (χ0v) is 8.60. The molecule has 0 amide bonds. The van der Waals surface area contributed by atoms with E-state index in [1.165, 1.54) is 12.8 Å². The molecular formula is C8H15I. The molecule has 0 aromatic carbocycles. The molecule has 1 saturated carbocycles. The smallest absolute Gasteiger partial charge is 0.0186 e. The van der Waals surface area contributed by atoms with Crippen LogP contribution in [0.1, 0.15) is 33.6 Å². The minimum atomic E-state index is 0.611. The van der Waals surface area contributed by atoms with Gasteiger partial charge in [-0.15, -0.1) is 0 Å². The topological polar surface area (TPSA) is 0 Å². The Hall–Kier alpha value is 0.730. The second kappa shape index (κ2) is 2.40. The highest BCUT2D eigenvalue weighted by Crippen LogP contribution is 2.45. The van der Waals surface area contributed by atoms with Gasteiger partial charge in [0.15, 0.2) is 0 Å². The molecule has 0 spiro atoms. The van der Waals surface area contributed by atoms with E-state index < -0.39 is 0 Å². The standard InChI is InChI=1S/C8H15I/c1-6-4-5-8(2,3)7(6)9/h6-7H,4-5H2,1-3H3/t6-,7-/m0/s1. The lowest BCUT2D eigenvalue weighted by molar-refractivity contribution is 0.392. The van der Waals surface area contributed by atoms with Crippen LogP contribution in [0.5, 0.6) is 0 Å². The van der Waals surface area contributed by atoms with Crippen LogP contribution in [-0.4, -0.2) is 3.92 Å². The van der Waals surface area contributed by atoms with Crippen LogP contribution < -0.4 is 0 Å². The molecule has 0 aliphatic heterocycles. The molecule has 1 rings (SSSR count). The molecule has 0 bridgehead atoms. The first-order valence-electron chi connectivity index (χ1n) is 3.68. The van der Waals surface area contributed by atoms with E-state index in [-0.39, 0.29) is 0 Å². The maximum absolute atomic E-state index is 2.60. The quantitative estimate of drug-likeness (QED) is 0.449. The van der Waals surface area contributed by atoms with Gasteiger partial charge < -0.3 is 0 Å². The Kier molecular flexibility index (Phi) is 2.09. The molecule has 0 aromatic heterocycles. The van der Waals surface area contributed by atoms with Gasteiger partial charge in [0.25, 0.3) is 0 Å². The van der Waals surface area contributed by atoms with E-state index in [4.69, 9.17) is 0 Å².